The zero-order chi connectivity index (χ0) is 19.1. The van der Waals surface area contributed by atoms with E-state index in [9.17, 15) is 14.4 Å². The molecule has 25 heavy (non-hydrogen) atoms. The van der Waals surface area contributed by atoms with Gasteiger partial charge in [0.05, 0.1) is 12.3 Å². The molecule has 0 heterocycles. The Morgan fingerprint density at radius 3 is 2.12 bits per heavy atom. The van der Waals surface area contributed by atoms with Gasteiger partial charge in [-0.3, -0.25) is 9.59 Å². The first-order chi connectivity index (χ1) is 11.9. The number of carbonyl (C=O) groups excluding carboxylic acids is 1. The van der Waals surface area contributed by atoms with Crippen LogP contribution in [-0.2, 0) is 19.1 Å². The van der Waals surface area contributed by atoms with E-state index in [0.717, 1.165) is 12.8 Å². The molecule has 2 N–H and O–H groups in total. The molecule has 0 aromatic rings. The van der Waals surface area contributed by atoms with E-state index < -0.39 is 29.9 Å². The fourth-order valence-electron chi connectivity index (χ4n) is 2.39. The molecule has 0 bridgehead atoms. The van der Waals surface area contributed by atoms with Crippen LogP contribution >= 0.6 is 0 Å². The lowest BCUT2D eigenvalue weighted by molar-refractivity contribution is -0.166. The van der Waals surface area contributed by atoms with E-state index in [1.54, 1.807) is 6.08 Å². The van der Waals surface area contributed by atoms with Crippen molar-refractivity contribution in [3.05, 3.63) is 12.2 Å². The lowest BCUT2D eigenvalue weighted by Crippen LogP contribution is -2.29. The topological polar surface area (TPSA) is 101 Å². The number of carbonyl (C=O) groups is 3. The van der Waals surface area contributed by atoms with E-state index in [1.807, 2.05) is 6.08 Å². The fourth-order valence-corrected chi connectivity index (χ4v) is 2.39. The van der Waals surface area contributed by atoms with Gasteiger partial charge in [-0.2, -0.15) is 0 Å². The standard InChI is InChI=1S/C19H32O6/c1-3-4-5-6-7-8-9-10-11-12-13-16(14-17(20)21)19(24)25-15(2)18(22)23/h11-12,15-16H,3-10,13-14H2,1-2H3,(H,20,21)(H,22,23). The van der Waals surface area contributed by atoms with Gasteiger partial charge in [0.15, 0.2) is 6.10 Å². The average Bonchev–Trinajstić information content (AvgIpc) is 2.54. The van der Waals surface area contributed by atoms with Gasteiger partial charge >= 0.3 is 17.9 Å². The van der Waals surface area contributed by atoms with Gasteiger partial charge in [-0.25, -0.2) is 4.79 Å². The van der Waals surface area contributed by atoms with Crippen LogP contribution in [0.5, 0.6) is 0 Å². The second kappa shape index (κ2) is 14.5. The number of hydrogen-bond donors (Lipinski definition) is 2. The minimum Gasteiger partial charge on any atom is -0.481 e. The van der Waals surface area contributed by atoms with Crippen LogP contribution in [0.2, 0.25) is 0 Å². The van der Waals surface area contributed by atoms with Crippen molar-refractivity contribution in [3.8, 4) is 0 Å². The molecule has 0 amide bonds. The van der Waals surface area contributed by atoms with E-state index in [0.29, 0.717) is 0 Å². The number of allylic oxidation sites excluding steroid dienone is 2. The Balaban J connectivity index is 4.11. The maximum Gasteiger partial charge on any atom is 0.344 e. The quantitative estimate of drug-likeness (QED) is 0.259. The number of carboxylic acid groups (broad SMARTS) is 2. The van der Waals surface area contributed by atoms with Gasteiger partial charge in [-0.1, -0.05) is 57.6 Å². The molecule has 0 fully saturated rings. The van der Waals surface area contributed by atoms with Crippen molar-refractivity contribution < 1.29 is 29.3 Å². The van der Waals surface area contributed by atoms with Gasteiger partial charge < -0.3 is 14.9 Å². The smallest absolute Gasteiger partial charge is 0.344 e. The monoisotopic (exact) mass is 356 g/mol. The Labute approximate surface area is 150 Å². The minimum atomic E-state index is -1.28. The Bertz CT molecular complexity index is 430. The van der Waals surface area contributed by atoms with Crippen molar-refractivity contribution >= 4 is 17.9 Å². The molecular weight excluding hydrogens is 324 g/mol. The predicted molar refractivity (Wildman–Crippen MR) is 95.3 cm³/mol. The molecule has 0 aromatic heterocycles. The van der Waals surface area contributed by atoms with Crippen LogP contribution in [-0.4, -0.2) is 34.2 Å². The second-order valence-corrected chi connectivity index (χ2v) is 6.33. The van der Waals surface area contributed by atoms with Crippen LogP contribution in [0, 0.1) is 5.92 Å². The van der Waals surface area contributed by atoms with E-state index in [-0.39, 0.29) is 12.8 Å². The molecule has 0 aromatic carbocycles. The molecule has 2 atom stereocenters. The molecule has 0 radical (unpaired) electrons. The van der Waals surface area contributed by atoms with Crippen molar-refractivity contribution in [3.63, 3.8) is 0 Å². The lowest BCUT2D eigenvalue weighted by atomic mass is 10.0. The maximum atomic E-state index is 11.9. The number of hydrogen-bond acceptors (Lipinski definition) is 4. The lowest BCUT2D eigenvalue weighted by Gasteiger charge is -2.14. The van der Waals surface area contributed by atoms with Crippen molar-refractivity contribution in [1.82, 2.24) is 0 Å². The molecule has 0 aliphatic rings. The maximum absolute atomic E-state index is 11.9. The highest BCUT2D eigenvalue weighted by Crippen LogP contribution is 2.15. The first-order valence-corrected chi connectivity index (χ1v) is 9.18. The summed E-state index contributed by atoms with van der Waals surface area (Å²) in [4.78, 5) is 33.5. The molecule has 6 heteroatoms. The summed E-state index contributed by atoms with van der Waals surface area (Å²) in [5.74, 6) is -4.00. The number of carboxylic acids is 2. The SMILES string of the molecule is CCCCCCCCCC=CCC(CC(=O)O)C(=O)OC(C)C(=O)O. The van der Waals surface area contributed by atoms with Crippen molar-refractivity contribution in [2.24, 2.45) is 5.92 Å². The Hall–Kier alpha value is -1.85. The Morgan fingerprint density at radius 1 is 0.960 bits per heavy atom. The number of rotatable bonds is 15. The zero-order valence-electron chi connectivity index (χ0n) is 15.4. The average molecular weight is 356 g/mol. The highest BCUT2D eigenvalue weighted by molar-refractivity contribution is 5.82. The molecule has 144 valence electrons. The normalized spacial score (nSPS) is 13.5. The molecule has 0 aliphatic heterocycles. The molecule has 0 rings (SSSR count). The first kappa shape index (κ1) is 23.1. The molecular formula is C19H32O6. The van der Waals surface area contributed by atoms with Crippen molar-refractivity contribution in [2.45, 2.75) is 84.2 Å². The molecule has 2 unspecified atom stereocenters. The molecule has 0 spiro atoms. The summed E-state index contributed by atoms with van der Waals surface area (Å²) in [6.45, 7) is 3.44. The summed E-state index contributed by atoms with van der Waals surface area (Å²) in [6.07, 6.45) is 11.8. The predicted octanol–water partition coefficient (Wildman–Crippen LogP) is 4.18. The number of ether oxygens (including phenoxy) is 1. The summed E-state index contributed by atoms with van der Waals surface area (Å²) in [7, 11) is 0. The van der Waals surface area contributed by atoms with Gasteiger partial charge in [-0.05, 0) is 26.2 Å². The summed E-state index contributed by atoms with van der Waals surface area (Å²) < 4.78 is 4.78. The van der Waals surface area contributed by atoms with Crippen LogP contribution in [0.25, 0.3) is 0 Å². The Kier molecular flexibility index (Phi) is 13.4. The summed E-state index contributed by atoms with van der Waals surface area (Å²) in [5, 5.41) is 17.6. The Morgan fingerprint density at radius 2 is 1.56 bits per heavy atom. The van der Waals surface area contributed by atoms with Crippen molar-refractivity contribution in [1.29, 1.82) is 0 Å². The van der Waals surface area contributed by atoms with Gasteiger partial charge in [0.1, 0.15) is 0 Å². The third kappa shape index (κ3) is 13.2. The van der Waals surface area contributed by atoms with Crippen LogP contribution < -0.4 is 0 Å². The molecule has 0 saturated heterocycles. The van der Waals surface area contributed by atoms with Gasteiger partial charge in [-0.15, -0.1) is 0 Å². The molecule has 6 nitrogen and oxygen atoms in total. The summed E-state index contributed by atoms with van der Waals surface area (Å²) in [6, 6.07) is 0. The zero-order valence-corrected chi connectivity index (χ0v) is 15.4. The van der Waals surface area contributed by atoms with Gasteiger partial charge in [0.25, 0.3) is 0 Å². The highest BCUT2D eigenvalue weighted by atomic mass is 16.6. The fraction of sp³-hybridized carbons (Fsp3) is 0.737. The van der Waals surface area contributed by atoms with Crippen molar-refractivity contribution in [2.75, 3.05) is 0 Å². The minimum absolute atomic E-state index is 0.244. The number of unbranched alkanes of at least 4 members (excludes halogenated alkanes) is 7. The van der Waals surface area contributed by atoms with E-state index >= 15 is 0 Å². The number of esters is 1. The molecule has 0 saturated carbocycles. The van der Waals surface area contributed by atoms with Crippen LogP contribution in [0.15, 0.2) is 12.2 Å². The van der Waals surface area contributed by atoms with E-state index in [2.05, 4.69) is 6.92 Å². The molecule has 0 aliphatic carbocycles. The van der Waals surface area contributed by atoms with Gasteiger partial charge in [0, 0.05) is 0 Å². The van der Waals surface area contributed by atoms with E-state index in [1.165, 1.54) is 45.4 Å². The summed E-state index contributed by atoms with van der Waals surface area (Å²) in [5.41, 5.74) is 0. The van der Waals surface area contributed by atoms with Crippen LogP contribution in [0.1, 0.15) is 78.1 Å². The number of aliphatic carboxylic acids is 2. The second-order valence-electron chi connectivity index (χ2n) is 6.33. The highest BCUT2D eigenvalue weighted by Gasteiger charge is 2.25. The third-order valence-electron chi connectivity index (χ3n) is 3.96. The van der Waals surface area contributed by atoms with Crippen LogP contribution in [0.3, 0.4) is 0 Å². The van der Waals surface area contributed by atoms with Gasteiger partial charge in [0.2, 0.25) is 0 Å². The largest absolute Gasteiger partial charge is 0.481 e. The first-order valence-electron chi connectivity index (χ1n) is 9.18. The summed E-state index contributed by atoms with van der Waals surface area (Å²) >= 11 is 0. The third-order valence-corrected chi connectivity index (χ3v) is 3.96. The van der Waals surface area contributed by atoms with Crippen LogP contribution in [0.4, 0.5) is 0 Å². The van der Waals surface area contributed by atoms with E-state index in [4.69, 9.17) is 14.9 Å².